The highest BCUT2D eigenvalue weighted by Crippen LogP contribution is 1.98. The fraction of sp³-hybridized carbons (Fsp3) is 0.875. The Balaban J connectivity index is 3.47. The topological polar surface area (TPSA) is 75.3 Å². The molecule has 0 spiro atoms. The summed E-state index contributed by atoms with van der Waals surface area (Å²) in [6.45, 7) is 4.47. The lowest BCUT2D eigenvalue weighted by atomic mass is 10.1. The molecule has 0 radical (unpaired) electrons. The third kappa shape index (κ3) is 5.09. The molecule has 0 aromatic carbocycles. The van der Waals surface area contributed by atoms with Crippen molar-refractivity contribution >= 4 is 5.91 Å². The van der Waals surface area contributed by atoms with Crippen LogP contribution in [-0.4, -0.2) is 30.2 Å². The van der Waals surface area contributed by atoms with Crippen molar-refractivity contribution in [3.63, 3.8) is 0 Å². The molecule has 0 aromatic heterocycles. The maximum Gasteiger partial charge on any atom is 0.221 e. The van der Waals surface area contributed by atoms with E-state index < -0.39 is 6.10 Å². The number of rotatable bonds is 5. The molecule has 4 heteroatoms. The Morgan fingerprint density at radius 1 is 1.58 bits per heavy atom. The molecule has 0 aliphatic rings. The van der Waals surface area contributed by atoms with Crippen molar-refractivity contribution in [3.05, 3.63) is 0 Å². The molecule has 1 amide bonds. The molecule has 0 aliphatic heterocycles. The van der Waals surface area contributed by atoms with Crippen molar-refractivity contribution in [2.24, 2.45) is 11.7 Å². The molecule has 1 atom stereocenters. The van der Waals surface area contributed by atoms with Gasteiger partial charge in [-0.2, -0.15) is 0 Å². The highest BCUT2D eigenvalue weighted by Gasteiger charge is 2.09. The van der Waals surface area contributed by atoms with Crippen LogP contribution in [-0.2, 0) is 4.79 Å². The molecule has 0 heterocycles. The van der Waals surface area contributed by atoms with E-state index in [0.717, 1.165) is 0 Å². The van der Waals surface area contributed by atoms with E-state index in [0.29, 0.717) is 19.5 Å². The fourth-order valence-electron chi connectivity index (χ4n) is 0.674. The fourth-order valence-corrected chi connectivity index (χ4v) is 0.674. The molecule has 0 saturated heterocycles. The Morgan fingerprint density at radius 3 is 2.58 bits per heavy atom. The number of nitrogens with one attached hydrogen (secondary N) is 1. The van der Waals surface area contributed by atoms with Crippen molar-refractivity contribution < 1.29 is 9.90 Å². The summed E-state index contributed by atoms with van der Waals surface area (Å²) >= 11 is 0. The second kappa shape index (κ2) is 5.97. The Kier molecular flexibility index (Phi) is 5.66. The standard InChI is InChI=1S/C8H18N2O2/c1-6(2)7(11)5-10-8(12)3-4-9/h6-7,11H,3-5,9H2,1-2H3,(H,10,12). The van der Waals surface area contributed by atoms with Gasteiger partial charge in [0.1, 0.15) is 0 Å². The Hall–Kier alpha value is -0.610. The van der Waals surface area contributed by atoms with E-state index in [1.165, 1.54) is 0 Å². The molecular weight excluding hydrogens is 156 g/mol. The molecule has 0 bridgehead atoms. The van der Waals surface area contributed by atoms with Gasteiger partial charge < -0.3 is 16.2 Å². The average Bonchev–Trinajstić information content (AvgIpc) is 2.00. The lowest BCUT2D eigenvalue weighted by Gasteiger charge is -2.14. The predicted octanol–water partition coefficient (Wildman–Crippen LogP) is -0.532. The largest absolute Gasteiger partial charge is 0.391 e. The maximum atomic E-state index is 10.9. The summed E-state index contributed by atoms with van der Waals surface area (Å²) in [5.74, 6) is 0.0698. The van der Waals surface area contributed by atoms with E-state index in [4.69, 9.17) is 5.73 Å². The number of carbonyl (C=O) groups is 1. The molecule has 4 nitrogen and oxygen atoms in total. The van der Waals surface area contributed by atoms with E-state index in [-0.39, 0.29) is 11.8 Å². The van der Waals surface area contributed by atoms with Gasteiger partial charge in [-0.25, -0.2) is 0 Å². The van der Waals surface area contributed by atoms with Crippen molar-refractivity contribution in [2.45, 2.75) is 26.4 Å². The van der Waals surface area contributed by atoms with Crippen LogP contribution in [0.25, 0.3) is 0 Å². The number of hydrogen-bond donors (Lipinski definition) is 3. The summed E-state index contributed by atoms with van der Waals surface area (Å²) in [7, 11) is 0. The van der Waals surface area contributed by atoms with Gasteiger partial charge in [0.2, 0.25) is 5.91 Å². The van der Waals surface area contributed by atoms with Crippen LogP contribution in [0.3, 0.4) is 0 Å². The number of carbonyl (C=O) groups excluding carboxylic acids is 1. The quantitative estimate of drug-likeness (QED) is 0.524. The first-order valence-corrected chi connectivity index (χ1v) is 4.22. The van der Waals surface area contributed by atoms with Crippen LogP contribution in [0.2, 0.25) is 0 Å². The van der Waals surface area contributed by atoms with Crippen LogP contribution in [0, 0.1) is 5.92 Å². The highest BCUT2D eigenvalue weighted by molar-refractivity contribution is 5.76. The SMILES string of the molecule is CC(C)C(O)CNC(=O)CCN. The highest BCUT2D eigenvalue weighted by atomic mass is 16.3. The Bertz CT molecular complexity index is 137. The minimum absolute atomic E-state index is 0.0998. The Labute approximate surface area is 73.1 Å². The molecule has 0 saturated carbocycles. The summed E-state index contributed by atoms with van der Waals surface area (Å²) in [6, 6.07) is 0. The van der Waals surface area contributed by atoms with E-state index in [1.54, 1.807) is 0 Å². The second-order valence-electron chi connectivity index (χ2n) is 3.15. The lowest BCUT2D eigenvalue weighted by Crippen LogP contribution is -2.35. The summed E-state index contributed by atoms with van der Waals surface area (Å²) in [5, 5.41) is 11.9. The monoisotopic (exact) mass is 174 g/mol. The number of hydrogen-bond acceptors (Lipinski definition) is 3. The summed E-state index contributed by atoms with van der Waals surface area (Å²) < 4.78 is 0. The second-order valence-corrected chi connectivity index (χ2v) is 3.15. The first-order chi connectivity index (χ1) is 5.57. The summed E-state index contributed by atoms with van der Waals surface area (Å²) in [4.78, 5) is 10.9. The van der Waals surface area contributed by atoms with Crippen LogP contribution < -0.4 is 11.1 Å². The van der Waals surface area contributed by atoms with Crippen LogP contribution in [0.5, 0.6) is 0 Å². The van der Waals surface area contributed by atoms with Gasteiger partial charge in [-0.15, -0.1) is 0 Å². The van der Waals surface area contributed by atoms with Gasteiger partial charge in [-0.3, -0.25) is 4.79 Å². The van der Waals surface area contributed by atoms with Crippen LogP contribution in [0.4, 0.5) is 0 Å². The zero-order valence-electron chi connectivity index (χ0n) is 7.71. The van der Waals surface area contributed by atoms with Crippen molar-refractivity contribution in [1.82, 2.24) is 5.32 Å². The molecule has 0 rings (SSSR count). The summed E-state index contributed by atoms with van der Waals surface area (Å²) in [5.41, 5.74) is 5.17. The number of amides is 1. The predicted molar refractivity (Wildman–Crippen MR) is 47.5 cm³/mol. The third-order valence-corrected chi connectivity index (χ3v) is 1.65. The third-order valence-electron chi connectivity index (χ3n) is 1.65. The van der Waals surface area contributed by atoms with Gasteiger partial charge in [0.15, 0.2) is 0 Å². The minimum atomic E-state index is -0.466. The first kappa shape index (κ1) is 11.4. The van der Waals surface area contributed by atoms with Crippen molar-refractivity contribution in [2.75, 3.05) is 13.1 Å². The van der Waals surface area contributed by atoms with Gasteiger partial charge in [0.05, 0.1) is 6.10 Å². The van der Waals surface area contributed by atoms with Crippen molar-refractivity contribution in [3.8, 4) is 0 Å². The smallest absolute Gasteiger partial charge is 0.221 e. The lowest BCUT2D eigenvalue weighted by molar-refractivity contribution is -0.121. The van der Waals surface area contributed by atoms with Crippen LogP contribution in [0.15, 0.2) is 0 Å². The van der Waals surface area contributed by atoms with Gasteiger partial charge in [-0.1, -0.05) is 13.8 Å². The average molecular weight is 174 g/mol. The van der Waals surface area contributed by atoms with Gasteiger partial charge in [0.25, 0.3) is 0 Å². The zero-order chi connectivity index (χ0) is 9.56. The molecule has 72 valence electrons. The van der Waals surface area contributed by atoms with Gasteiger partial charge in [0, 0.05) is 19.5 Å². The molecule has 4 N–H and O–H groups in total. The molecular formula is C8H18N2O2. The van der Waals surface area contributed by atoms with E-state index in [1.807, 2.05) is 13.8 Å². The molecule has 0 fully saturated rings. The summed E-state index contributed by atoms with van der Waals surface area (Å²) in [6.07, 6.45) is -0.142. The molecule has 12 heavy (non-hydrogen) atoms. The zero-order valence-corrected chi connectivity index (χ0v) is 7.71. The van der Waals surface area contributed by atoms with Crippen LogP contribution in [0.1, 0.15) is 20.3 Å². The maximum absolute atomic E-state index is 10.9. The van der Waals surface area contributed by atoms with E-state index in [2.05, 4.69) is 5.32 Å². The Morgan fingerprint density at radius 2 is 2.17 bits per heavy atom. The van der Waals surface area contributed by atoms with Gasteiger partial charge in [-0.05, 0) is 5.92 Å². The van der Waals surface area contributed by atoms with E-state index in [9.17, 15) is 9.90 Å². The molecule has 0 aliphatic carbocycles. The molecule has 0 aromatic rings. The minimum Gasteiger partial charge on any atom is -0.391 e. The van der Waals surface area contributed by atoms with Crippen molar-refractivity contribution in [1.29, 1.82) is 0 Å². The number of nitrogens with two attached hydrogens (primary N) is 1. The normalized spacial score (nSPS) is 13.1. The van der Waals surface area contributed by atoms with Gasteiger partial charge >= 0.3 is 0 Å². The number of aliphatic hydroxyl groups excluding tert-OH is 1. The van der Waals surface area contributed by atoms with E-state index >= 15 is 0 Å². The first-order valence-electron chi connectivity index (χ1n) is 4.22. The number of aliphatic hydroxyl groups is 1. The molecule has 1 unspecified atom stereocenters. The van der Waals surface area contributed by atoms with Crippen LogP contribution >= 0.6 is 0 Å².